The molecule has 2 atom stereocenters. The molecule has 0 N–H and O–H groups in total. The molecular formula is C27H22F2N2O. The number of hydrogen-bond acceptors (Lipinski definition) is 1. The van der Waals surface area contributed by atoms with E-state index >= 15 is 0 Å². The van der Waals surface area contributed by atoms with E-state index in [0.29, 0.717) is 24.2 Å². The molecule has 2 aromatic carbocycles. The first-order valence-electron chi connectivity index (χ1n) is 10.3. The number of halogens is 2. The molecule has 0 aliphatic heterocycles. The summed E-state index contributed by atoms with van der Waals surface area (Å²) in [6, 6.07) is 14.8. The van der Waals surface area contributed by atoms with Gasteiger partial charge in [-0.3, -0.25) is 4.79 Å². The van der Waals surface area contributed by atoms with E-state index in [-0.39, 0.29) is 0 Å². The minimum atomic E-state index is -1.10. The Labute approximate surface area is 185 Å². The molecule has 3 nitrogen and oxygen atoms in total. The van der Waals surface area contributed by atoms with Gasteiger partial charge in [0.1, 0.15) is 13.3 Å². The van der Waals surface area contributed by atoms with Gasteiger partial charge in [0.15, 0.2) is 5.78 Å². The zero-order valence-corrected chi connectivity index (χ0v) is 17.5. The van der Waals surface area contributed by atoms with Gasteiger partial charge in [-0.1, -0.05) is 48.2 Å². The van der Waals surface area contributed by atoms with Gasteiger partial charge in [-0.15, -0.1) is 12.8 Å². The first-order chi connectivity index (χ1) is 15.6. The largest absolute Gasteiger partial charge is 0.336 e. The number of alkyl halides is 2. The van der Waals surface area contributed by atoms with Crippen LogP contribution in [0.15, 0.2) is 60.9 Å². The lowest BCUT2D eigenvalue weighted by Gasteiger charge is -2.18. The Balaban J connectivity index is 1.81. The van der Waals surface area contributed by atoms with Crippen molar-refractivity contribution in [3.05, 3.63) is 72.1 Å². The van der Waals surface area contributed by atoms with Gasteiger partial charge in [0.05, 0.1) is 24.9 Å². The smallest absolute Gasteiger partial charge is 0.153 e. The standard InChI is InChI=1S/C27H22F2N2O/c1-3-13-30-17-23(19-9-5-7-11-25(19)30)21(15-28)27(32)22(16-29)24-18-31(14-4-2)26-12-8-6-10-20(24)26/h1-2,5-12,17-18,21-22H,13-16H2. The van der Waals surface area contributed by atoms with Crippen molar-refractivity contribution >= 4 is 27.6 Å². The summed E-state index contributed by atoms with van der Waals surface area (Å²) in [7, 11) is 0. The highest BCUT2D eigenvalue weighted by atomic mass is 19.1. The van der Waals surface area contributed by atoms with E-state index in [1.807, 2.05) is 57.7 Å². The molecule has 2 aromatic heterocycles. The number of aromatic nitrogens is 2. The van der Waals surface area contributed by atoms with Gasteiger partial charge >= 0.3 is 0 Å². The molecule has 0 aliphatic carbocycles. The molecule has 0 saturated heterocycles. The summed E-state index contributed by atoms with van der Waals surface area (Å²) in [6.45, 7) is -1.27. The molecule has 0 saturated carbocycles. The molecule has 2 unspecified atom stereocenters. The highest BCUT2D eigenvalue weighted by Crippen LogP contribution is 2.36. The summed E-state index contributed by atoms with van der Waals surface area (Å²) in [5.74, 6) is 2.45. The lowest BCUT2D eigenvalue weighted by atomic mass is 9.84. The van der Waals surface area contributed by atoms with Crippen molar-refractivity contribution < 1.29 is 13.6 Å². The molecule has 4 aromatic rings. The molecule has 2 heterocycles. The summed E-state index contributed by atoms with van der Waals surface area (Å²) in [6.07, 6.45) is 14.4. The van der Waals surface area contributed by atoms with Crippen LogP contribution in [0, 0.1) is 24.7 Å². The van der Waals surface area contributed by atoms with E-state index in [1.54, 1.807) is 12.4 Å². The number of carbonyl (C=O) groups excluding carboxylic acids is 1. The summed E-state index contributed by atoms with van der Waals surface area (Å²) in [5, 5.41) is 1.48. The quantitative estimate of drug-likeness (QED) is 0.353. The van der Waals surface area contributed by atoms with Gasteiger partial charge in [-0.05, 0) is 23.3 Å². The number of fused-ring (bicyclic) bond motifs is 2. The third-order valence-electron chi connectivity index (χ3n) is 5.91. The maximum absolute atomic E-state index is 14.3. The van der Waals surface area contributed by atoms with Crippen LogP contribution in [0.1, 0.15) is 23.0 Å². The fraction of sp³-hybridized carbons (Fsp3) is 0.222. The Bertz CT molecular complexity index is 1260. The average molecular weight is 428 g/mol. The fourth-order valence-corrected chi connectivity index (χ4v) is 4.43. The molecule has 0 bridgehead atoms. The second-order valence-electron chi connectivity index (χ2n) is 7.68. The van der Waals surface area contributed by atoms with Crippen molar-refractivity contribution in [3.63, 3.8) is 0 Å². The van der Waals surface area contributed by atoms with Gasteiger partial charge in [0.2, 0.25) is 0 Å². The van der Waals surface area contributed by atoms with Crippen LogP contribution >= 0.6 is 0 Å². The summed E-state index contributed by atoms with van der Waals surface area (Å²) in [4.78, 5) is 13.5. The SMILES string of the molecule is C#CCn1cc(C(CF)C(=O)C(CF)c2cn(CC#C)c3ccccc23)c2ccccc21. The zero-order chi connectivity index (χ0) is 22.7. The lowest BCUT2D eigenvalue weighted by Crippen LogP contribution is -2.23. The van der Waals surface area contributed by atoms with Crippen molar-refractivity contribution in [2.75, 3.05) is 13.3 Å². The maximum atomic E-state index is 14.3. The third kappa shape index (κ3) is 3.57. The Morgan fingerprint density at radius 3 is 1.56 bits per heavy atom. The number of benzene rings is 2. The molecule has 4 rings (SSSR count). The Morgan fingerprint density at radius 2 is 1.19 bits per heavy atom. The van der Waals surface area contributed by atoms with Crippen LogP contribution in [0.5, 0.6) is 0 Å². The summed E-state index contributed by atoms with van der Waals surface area (Å²) >= 11 is 0. The Kier molecular flexibility index (Phi) is 6.10. The van der Waals surface area contributed by atoms with Crippen molar-refractivity contribution in [1.29, 1.82) is 0 Å². The number of nitrogens with zero attached hydrogens (tertiary/aromatic N) is 2. The van der Waals surface area contributed by atoms with E-state index < -0.39 is 31.0 Å². The first kappa shape index (κ1) is 21.4. The molecule has 5 heteroatoms. The van der Waals surface area contributed by atoms with E-state index in [0.717, 1.165) is 21.8 Å². The molecular weight excluding hydrogens is 406 g/mol. The van der Waals surface area contributed by atoms with Crippen LogP contribution in [0.3, 0.4) is 0 Å². The van der Waals surface area contributed by atoms with Crippen LogP contribution in [0.25, 0.3) is 21.8 Å². The number of para-hydroxylation sites is 2. The molecule has 160 valence electrons. The first-order valence-corrected chi connectivity index (χ1v) is 10.3. The van der Waals surface area contributed by atoms with E-state index in [2.05, 4.69) is 11.8 Å². The molecule has 0 aliphatic rings. The number of hydrogen-bond donors (Lipinski definition) is 0. The second-order valence-corrected chi connectivity index (χ2v) is 7.68. The van der Waals surface area contributed by atoms with Crippen molar-refractivity contribution in [1.82, 2.24) is 9.13 Å². The van der Waals surface area contributed by atoms with Crippen LogP contribution in [0.4, 0.5) is 8.78 Å². The highest BCUT2D eigenvalue weighted by Gasteiger charge is 2.33. The minimum Gasteiger partial charge on any atom is -0.336 e. The van der Waals surface area contributed by atoms with Crippen LogP contribution in [-0.4, -0.2) is 28.3 Å². The molecule has 0 spiro atoms. The van der Waals surface area contributed by atoms with E-state index in [4.69, 9.17) is 12.8 Å². The number of terminal acetylenes is 2. The number of carbonyl (C=O) groups is 1. The predicted molar refractivity (Wildman–Crippen MR) is 124 cm³/mol. The van der Waals surface area contributed by atoms with Crippen LogP contribution < -0.4 is 0 Å². The zero-order valence-electron chi connectivity index (χ0n) is 17.5. The summed E-state index contributed by atoms with van der Waals surface area (Å²) < 4.78 is 32.3. The third-order valence-corrected chi connectivity index (χ3v) is 5.91. The van der Waals surface area contributed by atoms with Gasteiger partial charge in [0, 0.05) is 34.2 Å². The van der Waals surface area contributed by atoms with Crippen LogP contribution in [0.2, 0.25) is 0 Å². The second kappa shape index (κ2) is 9.12. The predicted octanol–water partition coefficient (Wildman–Crippen LogP) is 5.24. The summed E-state index contributed by atoms with van der Waals surface area (Å²) in [5.41, 5.74) is 2.67. The maximum Gasteiger partial charge on any atom is 0.153 e. The Hall–Kier alpha value is -3.83. The van der Waals surface area contributed by atoms with E-state index in [1.165, 1.54) is 0 Å². The highest BCUT2D eigenvalue weighted by molar-refractivity contribution is 5.99. The van der Waals surface area contributed by atoms with Crippen LogP contribution in [-0.2, 0) is 17.9 Å². The van der Waals surface area contributed by atoms with Gasteiger partial charge in [0.25, 0.3) is 0 Å². The van der Waals surface area contributed by atoms with Gasteiger partial charge in [-0.2, -0.15) is 0 Å². The average Bonchev–Trinajstić information content (AvgIpc) is 3.35. The molecule has 0 radical (unpaired) electrons. The Morgan fingerprint density at radius 1 is 0.781 bits per heavy atom. The normalized spacial score (nSPS) is 13.0. The minimum absolute atomic E-state index is 0.291. The van der Waals surface area contributed by atoms with Crippen molar-refractivity contribution in [2.24, 2.45) is 0 Å². The molecule has 0 amide bonds. The molecule has 0 fully saturated rings. The topological polar surface area (TPSA) is 26.9 Å². The molecule has 32 heavy (non-hydrogen) atoms. The number of Topliss-reactive ketones (excluding diaryl/α,β-unsaturated/α-hetero) is 1. The number of ketones is 1. The van der Waals surface area contributed by atoms with Crippen molar-refractivity contribution in [2.45, 2.75) is 24.9 Å². The number of rotatable bonds is 8. The van der Waals surface area contributed by atoms with Crippen molar-refractivity contribution in [3.8, 4) is 24.7 Å². The van der Waals surface area contributed by atoms with Gasteiger partial charge in [-0.25, -0.2) is 8.78 Å². The van der Waals surface area contributed by atoms with Gasteiger partial charge < -0.3 is 9.13 Å². The lowest BCUT2D eigenvalue weighted by molar-refractivity contribution is -0.122. The monoisotopic (exact) mass is 428 g/mol. The van der Waals surface area contributed by atoms with E-state index in [9.17, 15) is 13.6 Å². The fourth-order valence-electron chi connectivity index (χ4n) is 4.43.